The Labute approximate surface area is 135 Å². The molecule has 0 aromatic carbocycles. The van der Waals surface area contributed by atoms with Crippen molar-refractivity contribution in [2.75, 3.05) is 31.7 Å². The number of amides is 1. The van der Waals surface area contributed by atoms with E-state index in [1.807, 2.05) is 0 Å². The second-order valence-corrected chi connectivity index (χ2v) is 6.07. The fraction of sp³-hybridized carbons (Fsp3) is 0.625. The molecular formula is C16H23N3O4. The molecule has 1 aliphatic heterocycles. The highest BCUT2D eigenvalue weighted by Gasteiger charge is 2.38. The molecule has 2 fully saturated rings. The van der Waals surface area contributed by atoms with Gasteiger partial charge in [-0.05, 0) is 37.7 Å². The summed E-state index contributed by atoms with van der Waals surface area (Å²) in [5.74, 6) is 0.866. The zero-order valence-electron chi connectivity index (χ0n) is 13.3. The zero-order valence-corrected chi connectivity index (χ0v) is 13.3. The Balaban J connectivity index is 1.46. The lowest BCUT2D eigenvalue weighted by molar-refractivity contribution is 0.0521. The van der Waals surface area contributed by atoms with Crippen molar-refractivity contribution in [1.29, 1.82) is 0 Å². The summed E-state index contributed by atoms with van der Waals surface area (Å²) in [5.41, 5.74) is 0.896. The van der Waals surface area contributed by atoms with Gasteiger partial charge >= 0.3 is 12.1 Å². The van der Waals surface area contributed by atoms with E-state index in [1.54, 1.807) is 24.1 Å². The minimum Gasteiger partial charge on any atom is -0.461 e. The maximum absolute atomic E-state index is 12.1. The normalized spacial score (nSPS) is 22.7. The fourth-order valence-corrected chi connectivity index (χ4v) is 3.54. The van der Waals surface area contributed by atoms with Crippen molar-refractivity contribution in [3.63, 3.8) is 0 Å². The summed E-state index contributed by atoms with van der Waals surface area (Å²) in [6, 6.07) is 1.71. The highest BCUT2D eigenvalue weighted by Crippen LogP contribution is 2.37. The SMILES string of the molecule is CCOC(=O)c1[nH]ccc1NCOC(=O)N1CC2CCCC2C1. The number of aromatic nitrogens is 1. The first-order valence-electron chi connectivity index (χ1n) is 8.19. The minimum absolute atomic E-state index is 0.0227. The van der Waals surface area contributed by atoms with Gasteiger partial charge in [0.25, 0.3) is 0 Å². The Morgan fingerprint density at radius 3 is 2.74 bits per heavy atom. The summed E-state index contributed by atoms with van der Waals surface area (Å²) in [5, 5.41) is 2.94. The first-order valence-corrected chi connectivity index (χ1v) is 8.19. The quantitative estimate of drug-likeness (QED) is 0.643. The number of nitrogens with zero attached hydrogens (tertiary/aromatic N) is 1. The number of ether oxygens (including phenoxy) is 2. The van der Waals surface area contributed by atoms with Gasteiger partial charge in [0.2, 0.25) is 0 Å². The predicted molar refractivity (Wildman–Crippen MR) is 84.1 cm³/mol. The van der Waals surface area contributed by atoms with E-state index in [-0.39, 0.29) is 12.8 Å². The monoisotopic (exact) mass is 321 g/mol. The summed E-state index contributed by atoms with van der Waals surface area (Å²) in [7, 11) is 0. The molecule has 0 spiro atoms. The van der Waals surface area contributed by atoms with Gasteiger partial charge in [0.15, 0.2) is 6.73 Å². The lowest BCUT2D eigenvalue weighted by Crippen LogP contribution is -2.31. The van der Waals surface area contributed by atoms with Crippen LogP contribution in [0.25, 0.3) is 0 Å². The molecule has 0 radical (unpaired) electrons. The topological polar surface area (TPSA) is 83.7 Å². The van der Waals surface area contributed by atoms with Crippen molar-refractivity contribution in [1.82, 2.24) is 9.88 Å². The van der Waals surface area contributed by atoms with E-state index in [4.69, 9.17) is 9.47 Å². The molecule has 2 heterocycles. The number of hydrogen-bond acceptors (Lipinski definition) is 5. The van der Waals surface area contributed by atoms with Crippen LogP contribution in [0.3, 0.4) is 0 Å². The number of fused-ring (bicyclic) bond motifs is 1. The van der Waals surface area contributed by atoms with E-state index in [0.717, 1.165) is 13.1 Å². The molecule has 0 bridgehead atoms. The molecule has 2 N–H and O–H groups in total. The first-order chi connectivity index (χ1) is 11.2. The van der Waals surface area contributed by atoms with E-state index < -0.39 is 5.97 Å². The van der Waals surface area contributed by atoms with Gasteiger partial charge in [0.1, 0.15) is 5.69 Å². The average molecular weight is 321 g/mol. The number of anilines is 1. The minimum atomic E-state index is -0.432. The molecule has 23 heavy (non-hydrogen) atoms. The molecule has 7 heteroatoms. The predicted octanol–water partition coefficient (Wildman–Crippen LogP) is 2.43. The van der Waals surface area contributed by atoms with Crippen molar-refractivity contribution < 1.29 is 19.1 Å². The second kappa shape index (κ2) is 6.93. The third kappa shape index (κ3) is 3.43. The number of carbonyl (C=O) groups is 2. The van der Waals surface area contributed by atoms with Crippen LogP contribution in [0.1, 0.15) is 36.7 Å². The number of likely N-dealkylation sites (tertiary alicyclic amines) is 1. The molecule has 2 unspecified atom stereocenters. The Morgan fingerprint density at radius 1 is 1.30 bits per heavy atom. The Hall–Kier alpha value is -2.18. The van der Waals surface area contributed by atoms with Crippen molar-refractivity contribution in [2.45, 2.75) is 26.2 Å². The van der Waals surface area contributed by atoms with Crippen molar-refractivity contribution >= 4 is 17.7 Å². The number of nitrogens with one attached hydrogen (secondary N) is 2. The number of aromatic amines is 1. The van der Waals surface area contributed by atoms with Gasteiger partial charge in [-0.3, -0.25) is 0 Å². The fourth-order valence-electron chi connectivity index (χ4n) is 3.54. The molecule has 1 aliphatic carbocycles. The first kappa shape index (κ1) is 15.7. The molecule has 1 aromatic rings. The zero-order chi connectivity index (χ0) is 16.2. The van der Waals surface area contributed by atoms with Crippen LogP contribution < -0.4 is 5.32 Å². The highest BCUT2D eigenvalue weighted by molar-refractivity contribution is 5.93. The smallest absolute Gasteiger partial charge is 0.411 e. The lowest BCUT2D eigenvalue weighted by atomic mass is 10.0. The highest BCUT2D eigenvalue weighted by atomic mass is 16.6. The molecule has 2 atom stereocenters. The van der Waals surface area contributed by atoms with Crippen LogP contribution in [0.4, 0.5) is 10.5 Å². The summed E-state index contributed by atoms with van der Waals surface area (Å²) >= 11 is 0. The van der Waals surface area contributed by atoms with Gasteiger partial charge < -0.3 is 24.7 Å². The number of esters is 1. The number of carbonyl (C=O) groups excluding carboxylic acids is 2. The summed E-state index contributed by atoms with van der Waals surface area (Å²) in [4.78, 5) is 28.4. The molecule has 3 rings (SSSR count). The van der Waals surface area contributed by atoms with Gasteiger partial charge in [0, 0.05) is 19.3 Å². The second-order valence-electron chi connectivity index (χ2n) is 6.07. The van der Waals surface area contributed by atoms with Crippen LogP contribution in [0.15, 0.2) is 12.3 Å². The standard InChI is InChI=1S/C16H23N3O4/c1-2-22-15(20)14-13(6-7-17-14)18-10-23-16(21)19-8-11-4-3-5-12(11)9-19/h6-7,11-12,17-18H,2-5,8-10H2,1H3. The van der Waals surface area contributed by atoms with Crippen molar-refractivity contribution in [3.05, 3.63) is 18.0 Å². The van der Waals surface area contributed by atoms with Gasteiger partial charge in [0.05, 0.1) is 12.3 Å². The van der Waals surface area contributed by atoms with Crippen LogP contribution in [0.2, 0.25) is 0 Å². The molecule has 1 aromatic heterocycles. The van der Waals surface area contributed by atoms with Gasteiger partial charge in [-0.1, -0.05) is 6.42 Å². The van der Waals surface area contributed by atoms with E-state index in [2.05, 4.69) is 10.3 Å². The van der Waals surface area contributed by atoms with Gasteiger partial charge in [-0.25, -0.2) is 9.59 Å². The van der Waals surface area contributed by atoms with E-state index >= 15 is 0 Å². The third-order valence-corrected chi connectivity index (χ3v) is 4.67. The van der Waals surface area contributed by atoms with Crippen LogP contribution in [-0.4, -0.2) is 48.4 Å². The van der Waals surface area contributed by atoms with Crippen LogP contribution in [0.5, 0.6) is 0 Å². The Kier molecular flexibility index (Phi) is 4.73. The van der Waals surface area contributed by atoms with E-state index in [9.17, 15) is 9.59 Å². The summed E-state index contributed by atoms with van der Waals surface area (Å²) < 4.78 is 10.2. The number of hydrogen-bond donors (Lipinski definition) is 2. The maximum Gasteiger partial charge on any atom is 0.411 e. The molecule has 126 valence electrons. The largest absolute Gasteiger partial charge is 0.461 e. The molecule has 2 aliphatic rings. The Bertz CT molecular complexity index is 559. The summed E-state index contributed by atoms with van der Waals surface area (Å²) in [6.45, 7) is 3.70. The van der Waals surface area contributed by atoms with Crippen LogP contribution >= 0.6 is 0 Å². The van der Waals surface area contributed by atoms with Crippen LogP contribution in [-0.2, 0) is 9.47 Å². The van der Waals surface area contributed by atoms with Gasteiger partial charge in [-0.2, -0.15) is 0 Å². The third-order valence-electron chi connectivity index (χ3n) is 4.67. The lowest BCUT2D eigenvalue weighted by Gasteiger charge is -2.17. The van der Waals surface area contributed by atoms with Crippen LogP contribution in [0, 0.1) is 11.8 Å². The average Bonchev–Trinajstić information content (AvgIpc) is 3.22. The number of H-pyrrole nitrogens is 1. The molecule has 1 saturated heterocycles. The molecule has 7 nitrogen and oxygen atoms in total. The van der Waals surface area contributed by atoms with E-state index in [1.165, 1.54) is 19.3 Å². The molecule has 1 saturated carbocycles. The molecule has 1 amide bonds. The van der Waals surface area contributed by atoms with E-state index in [0.29, 0.717) is 29.8 Å². The maximum atomic E-state index is 12.1. The van der Waals surface area contributed by atoms with Crippen molar-refractivity contribution in [2.24, 2.45) is 11.8 Å². The molecular weight excluding hydrogens is 298 g/mol. The van der Waals surface area contributed by atoms with Crippen molar-refractivity contribution in [3.8, 4) is 0 Å². The van der Waals surface area contributed by atoms with Gasteiger partial charge in [-0.15, -0.1) is 0 Å². The summed E-state index contributed by atoms with van der Waals surface area (Å²) in [6.07, 6.45) is 5.07. The Morgan fingerprint density at radius 2 is 2.04 bits per heavy atom. The number of rotatable bonds is 5.